The molecule has 1 heterocycles. The Morgan fingerprint density at radius 3 is 2.48 bits per heavy atom. The number of rotatable bonds is 7. The van der Waals surface area contributed by atoms with Crippen molar-refractivity contribution in [3.8, 4) is 0 Å². The van der Waals surface area contributed by atoms with Gasteiger partial charge in [0.05, 0.1) is 6.04 Å². The number of hydrogen-bond donors (Lipinski definition) is 5. The third kappa shape index (κ3) is 4.57. The Bertz CT molecular complexity index is 784. The van der Waals surface area contributed by atoms with Crippen LogP contribution in [0.25, 0.3) is 10.9 Å². The van der Waals surface area contributed by atoms with Crippen LogP contribution in [0.15, 0.2) is 30.5 Å². The summed E-state index contributed by atoms with van der Waals surface area (Å²) in [4.78, 5) is 38.3. The van der Waals surface area contributed by atoms with Gasteiger partial charge in [0.2, 0.25) is 11.8 Å². The Balaban J connectivity index is 2.07. The standard InChI is InChI=1S/C17H22N4O4/c1-9(18)15(22)20-10(2)16(23)21-14(17(24)25)7-11-8-19-13-6-4-3-5-12(11)13/h3-6,8-10,14,19H,7,18H2,1-2H3,(H,20,22)(H,21,23)(H,24,25)/t9-,10-,14-/m0/s1. The van der Waals surface area contributed by atoms with Gasteiger partial charge in [-0.25, -0.2) is 4.79 Å². The fraction of sp³-hybridized carbons (Fsp3) is 0.353. The minimum atomic E-state index is -1.15. The van der Waals surface area contributed by atoms with E-state index in [1.165, 1.54) is 13.8 Å². The number of hydrogen-bond acceptors (Lipinski definition) is 4. The summed E-state index contributed by atoms with van der Waals surface area (Å²) in [6.45, 7) is 2.97. The zero-order chi connectivity index (χ0) is 18.6. The van der Waals surface area contributed by atoms with Gasteiger partial charge >= 0.3 is 5.97 Å². The summed E-state index contributed by atoms with van der Waals surface area (Å²) in [5.41, 5.74) is 7.12. The molecule has 1 aromatic carbocycles. The third-order valence-electron chi connectivity index (χ3n) is 3.88. The van der Waals surface area contributed by atoms with Gasteiger partial charge in [-0.1, -0.05) is 18.2 Å². The highest BCUT2D eigenvalue weighted by atomic mass is 16.4. The molecule has 0 radical (unpaired) electrons. The maximum Gasteiger partial charge on any atom is 0.326 e. The molecule has 0 bridgehead atoms. The van der Waals surface area contributed by atoms with Crippen molar-refractivity contribution < 1.29 is 19.5 Å². The maximum absolute atomic E-state index is 12.2. The summed E-state index contributed by atoms with van der Waals surface area (Å²) >= 11 is 0. The van der Waals surface area contributed by atoms with Crippen LogP contribution in [-0.4, -0.2) is 46.0 Å². The number of aromatic amines is 1. The first kappa shape index (κ1) is 18.5. The molecule has 0 spiro atoms. The van der Waals surface area contributed by atoms with Crippen molar-refractivity contribution in [2.24, 2.45) is 5.73 Å². The van der Waals surface area contributed by atoms with E-state index in [2.05, 4.69) is 15.6 Å². The monoisotopic (exact) mass is 346 g/mol. The molecule has 1 aromatic heterocycles. The molecule has 25 heavy (non-hydrogen) atoms. The summed E-state index contributed by atoms with van der Waals surface area (Å²) in [6.07, 6.45) is 1.85. The predicted molar refractivity (Wildman–Crippen MR) is 92.8 cm³/mol. The molecule has 0 unspecified atom stereocenters. The van der Waals surface area contributed by atoms with Crippen LogP contribution in [0, 0.1) is 0 Å². The largest absolute Gasteiger partial charge is 0.480 e. The fourth-order valence-electron chi connectivity index (χ4n) is 2.43. The van der Waals surface area contributed by atoms with Gasteiger partial charge in [0, 0.05) is 23.5 Å². The Hall–Kier alpha value is -2.87. The van der Waals surface area contributed by atoms with E-state index in [-0.39, 0.29) is 6.42 Å². The lowest BCUT2D eigenvalue weighted by atomic mass is 10.0. The fourth-order valence-corrected chi connectivity index (χ4v) is 2.43. The first-order chi connectivity index (χ1) is 11.8. The molecule has 0 aliphatic carbocycles. The lowest BCUT2D eigenvalue weighted by Crippen LogP contribution is -2.53. The van der Waals surface area contributed by atoms with Gasteiger partial charge in [-0.15, -0.1) is 0 Å². The van der Waals surface area contributed by atoms with Crippen LogP contribution in [-0.2, 0) is 20.8 Å². The number of carboxylic acids is 1. The topological polar surface area (TPSA) is 137 Å². The van der Waals surface area contributed by atoms with Crippen LogP contribution in [0.3, 0.4) is 0 Å². The van der Waals surface area contributed by atoms with Gasteiger partial charge in [0.15, 0.2) is 0 Å². The average molecular weight is 346 g/mol. The number of carboxylic acid groups (broad SMARTS) is 1. The highest BCUT2D eigenvalue weighted by Gasteiger charge is 2.25. The van der Waals surface area contributed by atoms with E-state index in [9.17, 15) is 19.5 Å². The number of amides is 2. The number of carbonyl (C=O) groups is 3. The zero-order valence-corrected chi connectivity index (χ0v) is 14.1. The van der Waals surface area contributed by atoms with Crippen molar-refractivity contribution in [3.05, 3.63) is 36.0 Å². The van der Waals surface area contributed by atoms with E-state index in [0.717, 1.165) is 16.5 Å². The lowest BCUT2D eigenvalue weighted by molar-refractivity contribution is -0.142. The first-order valence-corrected chi connectivity index (χ1v) is 7.93. The number of H-pyrrole nitrogens is 1. The quantitative estimate of drug-likeness (QED) is 0.485. The summed E-state index contributed by atoms with van der Waals surface area (Å²) in [6, 6.07) is 4.76. The molecule has 134 valence electrons. The minimum absolute atomic E-state index is 0.124. The van der Waals surface area contributed by atoms with Crippen molar-refractivity contribution in [2.45, 2.75) is 38.4 Å². The zero-order valence-electron chi connectivity index (χ0n) is 14.1. The molecule has 0 fully saturated rings. The number of fused-ring (bicyclic) bond motifs is 1. The van der Waals surface area contributed by atoms with Crippen molar-refractivity contribution in [2.75, 3.05) is 0 Å². The number of nitrogens with one attached hydrogen (secondary N) is 3. The third-order valence-corrected chi connectivity index (χ3v) is 3.88. The average Bonchev–Trinajstić information content (AvgIpc) is 2.97. The highest BCUT2D eigenvalue weighted by molar-refractivity contribution is 5.91. The lowest BCUT2D eigenvalue weighted by Gasteiger charge is -2.19. The van der Waals surface area contributed by atoms with Gasteiger partial charge in [0.1, 0.15) is 12.1 Å². The van der Waals surface area contributed by atoms with Gasteiger partial charge in [-0.2, -0.15) is 0 Å². The molecule has 8 heteroatoms. The summed E-state index contributed by atoms with van der Waals surface area (Å²) < 4.78 is 0. The van der Waals surface area contributed by atoms with Crippen LogP contribution >= 0.6 is 0 Å². The molecule has 2 aromatic rings. The van der Waals surface area contributed by atoms with Crippen molar-refractivity contribution in [1.82, 2.24) is 15.6 Å². The number of benzene rings is 1. The molecule has 6 N–H and O–H groups in total. The molecule has 2 amide bonds. The molecule has 0 saturated carbocycles. The second-order valence-corrected chi connectivity index (χ2v) is 5.98. The second-order valence-electron chi connectivity index (χ2n) is 5.98. The summed E-state index contributed by atoms with van der Waals surface area (Å²) in [7, 11) is 0. The summed E-state index contributed by atoms with van der Waals surface area (Å²) in [5.74, 6) is -2.21. The van der Waals surface area contributed by atoms with Crippen LogP contribution in [0.5, 0.6) is 0 Å². The Labute approximate surface area is 144 Å². The van der Waals surface area contributed by atoms with E-state index >= 15 is 0 Å². The van der Waals surface area contributed by atoms with Crippen molar-refractivity contribution in [3.63, 3.8) is 0 Å². The SMILES string of the molecule is C[C@H](N)C(=O)N[C@@H](C)C(=O)N[C@@H](Cc1c[nH]c2ccccc12)C(=O)O. The number of nitrogens with two attached hydrogens (primary N) is 1. The summed E-state index contributed by atoms with van der Waals surface area (Å²) in [5, 5.41) is 15.2. The van der Waals surface area contributed by atoms with Crippen LogP contribution in [0.2, 0.25) is 0 Å². The van der Waals surface area contributed by atoms with Crippen molar-refractivity contribution in [1.29, 1.82) is 0 Å². The van der Waals surface area contributed by atoms with Gasteiger partial charge in [-0.3, -0.25) is 9.59 Å². The first-order valence-electron chi connectivity index (χ1n) is 7.93. The predicted octanol–water partition coefficient (Wildman–Crippen LogP) is 0.132. The Morgan fingerprint density at radius 2 is 1.84 bits per heavy atom. The van der Waals surface area contributed by atoms with Crippen molar-refractivity contribution >= 4 is 28.7 Å². The molecular formula is C17H22N4O4. The molecule has 2 rings (SSSR count). The maximum atomic E-state index is 12.2. The smallest absolute Gasteiger partial charge is 0.326 e. The molecular weight excluding hydrogens is 324 g/mol. The second kappa shape index (κ2) is 7.80. The number of aliphatic carboxylic acids is 1. The van der Waals surface area contributed by atoms with Gasteiger partial charge in [0.25, 0.3) is 0 Å². The number of aromatic nitrogens is 1. The highest BCUT2D eigenvalue weighted by Crippen LogP contribution is 2.19. The van der Waals surface area contributed by atoms with E-state index in [4.69, 9.17) is 5.73 Å². The van der Waals surface area contributed by atoms with Crippen LogP contribution in [0.1, 0.15) is 19.4 Å². The molecule has 3 atom stereocenters. The minimum Gasteiger partial charge on any atom is -0.480 e. The normalized spacial score (nSPS) is 14.5. The van der Waals surface area contributed by atoms with E-state index in [1.807, 2.05) is 24.3 Å². The van der Waals surface area contributed by atoms with Crippen LogP contribution in [0.4, 0.5) is 0 Å². The molecule has 0 aliphatic rings. The van der Waals surface area contributed by atoms with Crippen LogP contribution < -0.4 is 16.4 Å². The Kier molecular flexibility index (Phi) is 5.76. The van der Waals surface area contributed by atoms with Gasteiger partial charge in [-0.05, 0) is 25.5 Å². The molecule has 8 nitrogen and oxygen atoms in total. The Morgan fingerprint density at radius 1 is 1.16 bits per heavy atom. The van der Waals surface area contributed by atoms with E-state index in [0.29, 0.717) is 0 Å². The van der Waals surface area contributed by atoms with E-state index < -0.39 is 35.9 Å². The number of para-hydroxylation sites is 1. The molecule has 0 aliphatic heterocycles. The molecule has 0 saturated heterocycles. The van der Waals surface area contributed by atoms with E-state index in [1.54, 1.807) is 6.20 Å². The van der Waals surface area contributed by atoms with Gasteiger partial charge < -0.3 is 26.5 Å². The number of carbonyl (C=O) groups excluding carboxylic acids is 2.